The first-order valence-electron chi connectivity index (χ1n) is 24.4. The summed E-state index contributed by atoms with van der Waals surface area (Å²) in [5.41, 5.74) is 12.6. The molecule has 0 saturated heterocycles. The molecule has 5 heterocycles. The molecule has 3 saturated carbocycles. The fourth-order valence-corrected chi connectivity index (χ4v) is 12.8. The van der Waals surface area contributed by atoms with Crippen LogP contribution in [-0.4, -0.2) is 32.6 Å². The van der Waals surface area contributed by atoms with Gasteiger partial charge in [-0.3, -0.25) is 9.97 Å². The molecule has 345 valence electrons. The fourth-order valence-electron chi connectivity index (χ4n) is 11.2. The number of rotatable bonds is 9. The molecule has 9 aromatic rings. The van der Waals surface area contributed by atoms with Crippen molar-refractivity contribution < 1.29 is 24.5 Å². The molecule has 0 aliphatic heterocycles. The molecule has 3 fully saturated rings. The van der Waals surface area contributed by atoms with Crippen LogP contribution in [-0.2, 0) is 26.5 Å². The van der Waals surface area contributed by atoms with Crippen LogP contribution in [0.15, 0.2) is 114 Å². The summed E-state index contributed by atoms with van der Waals surface area (Å²) >= 11 is 0. The number of hydrogen-bond donors (Lipinski definition) is 0. The second kappa shape index (κ2) is 19.0. The third-order valence-corrected chi connectivity index (χ3v) is 16.6. The summed E-state index contributed by atoms with van der Waals surface area (Å²) in [5.74, 6) is 4.56. The standard InChI is InChI=1S/C36H33N4O.C23H30NSi.Ir/c1-20(2)28-18-23-10-7-8-11-24(23)32(22(5)6)33(28)40-31-16-17-37-19-30(31)38-35(40)27-13-9-12-25-26-14-15-29(21(3)4)39-36(26)41-34(25)27;1-25(2,3)23-16-24-22(19-7-5-4-6-8-19)15-21(23)14-20-13-17-9-11-18(20)12-10-17;/h7-12,14-22H,1-6H3;4-7,15-18,20H,9-14H2,1-3H3;/q2*-1;. The minimum atomic E-state index is -1.38. The Bertz CT molecular complexity index is 3210. The van der Waals surface area contributed by atoms with Gasteiger partial charge in [0.1, 0.15) is 0 Å². The van der Waals surface area contributed by atoms with E-state index >= 15 is 0 Å². The van der Waals surface area contributed by atoms with E-state index in [1.807, 2.05) is 30.6 Å². The molecule has 3 aliphatic rings. The van der Waals surface area contributed by atoms with Crippen molar-refractivity contribution >= 4 is 57.1 Å². The van der Waals surface area contributed by atoms with Crippen molar-refractivity contribution in [2.45, 2.75) is 117 Å². The van der Waals surface area contributed by atoms with Crippen molar-refractivity contribution in [1.29, 1.82) is 0 Å². The van der Waals surface area contributed by atoms with Gasteiger partial charge >= 0.3 is 0 Å². The van der Waals surface area contributed by atoms with Crippen LogP contribution in [0.5, 0.6) is 0 Å². The number of hydrogen-bond acceptors (Lipinski definition) is 5. The Morgan fingerprint density at radius 2 is 1.55 bits per heavy atom. The van der Waals surface area contributed by atoms with Crippen molar-refractivity contribution in [3.05, 3.63) is 144 Å². The third kappa shape index (κ3) is 8.98. The van der Waals surface area contributed by atoms with E-state index in [2.05, 4.69) is 162 Å². The molecule has 1 radical (unpaired) electrons. The van der Waals surface area contributed by atoms with Crippen LogP contribution in [0.25, 0.3) is 72.2 Å². The summed E-state index contributed by atoms with van der Waals surface area (Å²) in [5, 5.41) is 6.10. The topological polar surface area (TPSA) is 69.6 Å². The van der Waals surface area contributed by atoms with Crippen LogP contribution in [0.4, 0.5) is 0 Å². The summed E-state index contributed by atoms with van der Waals surface area (Å²) in [6.07, 6.45) is 14.5. The number of imidazole rings is 1. The number of furan rings is 1. The smallest absolute Gasteiger partial charge is 0.216 e. The second-order valence-electron chi connectivity index (χ2n) is 21.1. The van der Waals surface area contributed by atoms with Crippen molar-refractivity contribution in [3.8, 4) is 28.3 Å². The average molecular weight is 1080 g/mol. The molecule has 0 spiro atoms. The van der Waals surface area contributed by atoms with Crippen LogP contribution in [0.2, 0.25) is 19.6 Å². The Morgan fingerprint density at radius 1 is 0.761 bits per heavy atom. The van der Waals surface area contributed by atoms with Gasteiger partial charge in [-0.05, 0) is 118 Å². The maximum absolute atomic E-state index is 6.53. The molecule has 8 heteroatoms. The van der Waals surface area contributed by atoms with Crippen molar-refractivity contribution in [1.82, 2.24) is 24.5 Å². The van der Waals surface area contributed by atoms with E-state index in [0.29, 0.717) is 17.5 Å². The fraction of sp³-hybridized carbons (Fsp3) is 0.356. The average Bonchev–Trinajstić information content (AvgIpc) is 3.90. The molecule has 5 aromatic heterocycles. The van der Waals surface area contributed by atoms with E-state index in [9.17, 15) is 0 Å². The molecule has 6 nitrogen and oxygen atoms in total. The van der Waals surface area contributed by atoms with Gasteiger partial charge in [-0.2, -0.15) is 0 Å². The molecule has 2 bridgehead atoms. The van der Waals surface area contributed by atoms with Crippen molar-refractivity contribution in [2.75, 3.05) is 0 Å². The monoisotopic (exact) mass is 1080 g/mol. The molecule has 12 rings (SSSR count). The molecule has 3 aliphatic carbocycles. The predicted octanol–water partition coefficient (Wildman–Crippen LogP) is 15.2. The van der Waals surface area contributed by atoms with E-state index in [1.165, 1.54) is 66.1 Å². The number of nitrogens with zero attached hydrogens (tertiary/aromatic N) is 5. The SMILES string of the molecule is CC(C)c1ccc2c(n1)oc1c(-c3nc4cnccc4n3-c3c(C(C)C)cc4ccccc4c3C(C)C)[c-]ccc12.C[Si](C)(C)c1cnc(-c2[c-]cccc2)cc1CC1CC2CCC1CC2.[Ir]. The Kier molecular flexibility index (Phi) is 13.3. The van der Waals surface area contributed by atoms with Gasteiger partial charge in [0.05, 0.1) is 36.7 Å². The van der Waals surface area contributed by atoms with Crippen LogP contribution < -0.4 is 5.19 Å². The van der Waals surface area contributed by atoms with Crippen LogP contribution in [0.1, 0.15) is 114 Å². The van der Waals surface area contributed by atoms with E-state index in [1.54, 1.807) is 10.8 Å². The Morgan fingerprint density at radius 3 is 2.25 bits per heavy atom. The summed E-state index contributed by atoms with van der Waals surface area (Å²) < 4.78 is 8.85. The van der Waals surface area contributed by atoms with E-state index < -0.39 is 8.07 Å². The number of pyridine rings is 3. The van der Waals surface area contributed by atoms with Crippen LogP contribution in [0, 0.1) is 29.9 Å². The predicted molar refractivity (Wildman–Crippen MR) is 277 cm³/mol. The Labute approximate surface area is 411 Å². The molecule has 0 N–H and O–H groups in total. The molecule has 1 atom stereocenters. The zero-order valence-corrected chi connectivity index (χ0v) is 44.0. The Hall–Kier alpha value is -5.27. The zero-order chi connectivity index (χ0) is 45.9. The van der Waals surface area contributed by atoms with E-state index in [4.69, 9.17) is 19.4 Å². The number of benzene rings is 4. The summed E-state index contributed by atoms with van der Waals surface area (Å²) in [6, 6.07) is 38.8. The number of aromatic nitrogens is 5. The molecule has 1 unspecified atom stereocenters. The quantitative estimate of drug-likeness (QED) is 0.106. The van der Waals surface area contributed by atoms with Crippen molar-refractivity contribution in [2.24, 2.45) is 17.8 Å². The number of fused-ring (bicyclic) bond motifs is 8. The first kappa shape index (κ1) is 46.8. The van der Waals surface area contributed by atoms with Gasteiger partial charge in [-0.25, -0.2) is 4.98 Å². The first-order chi connectivity index (χ1) is 31.8. The minimum absolute atomic E-state index is 0. The van der Waals surface area contributed by atoms with Crippen LogP contribution in [0.3, 0.4) is 0 Å². The van der Waals surface area contributed by atoms with Gasteiger partial charge in [0, 0.05) is 49.3 Å². The normalized spacial score (nSPS) is 17.2. The van der Waals surface area contributed by atoms with Gasteiger partial charge in [-0.1, -0.05) is 121 Å². The molecule has 4 aromatic carbocycles. The maximum Gasteiger partial charge on any atom is 0.216 e. The van der Waals surface area contributed by atoms with Gasteiger partial charge < -0.3 is 14.0 Å². The minimum Gasteiger partial charge on any atom is -0.486 e. The van der Waals surface area contributed by atoms with Crippen molar-refractivity contribution in [3.63, 3.8) is 0 Å². The van der Waals surface area contributed by atoms with E-state index in [-0.39, 0.29) is 26.0 Å². The largest absolute Gasteiger partial charge is 0.486 e. The third-order valence-electron chi connectivity index (χ3n) is 14.6. The van der Waals surface area contributed by atoms with Gasteiger partial charge in [-0.15, -0.1) is 54.1 Å². The molecule has 0 amide bonds. The zero-order valence-electron chi connectivity index (χ0n) is 40.6. The molecular weight excluding hydrogens is 1010 g/mol. The van der Waals surface area contributed by atoms with E-state index in [0.717, 1.165) is 73.5 Å². The summed E-state index contributed by atoms with van der Waals surface area (Å²) in [4.78, 5) is 19.3. The summed E-state index contributed by atoms with van der Waals surface area (Å²) in [7, 11) is -1.38. The Balaban J connectivity index is 0.000000186. The first-order valence-corrected chi connectivity index (χ1v) is 27.9. The summed E-state index contributed by atoms with van der Waals surface area (Å²) in [6.45, 7) is 20.7. The van der Waals surface area contributed by atoms with Crippen LogP contribution >= 0.6 is 0 Å². The maximum atomic E-state index is 6.53. The van der Waals surface area contributed by atoms with Gasteiger partial charge in [0.15, 0.2) is 0 Å². The van der Waals surface area contributed by atoms with Gasteiger partial charge in [0.25, 0.3) is 0 Å². The van der Waals surface area contributed by atoms with Gasteiger partial charge in [0.2, 0.25) is 5.71 Å². The molecular formula is C59H63IrN5OSi-2. The molecule has 67 heavy (non-hydrogen) atoms. The second-order valence-corrected chi connectivity index (χ2v) is 26.1.